The minimum Gasteiger partial charge on any atom is -0.492 e. The number of carboxylic acid groups (broad SMARTS) is 1. The molecule has 5 rings (SSSR count). The molecular weight excluding hydrogens is 528 g/mol. The predicted molar refractivity (Wildman–Crippen MR) is 164 cm³/mol. The van der Waals surface area contributed by atoms with Gasteiger partial charge in [-0.25, -0.2) is 4.79 Å². The lowest BCUT2D eigenvalue weighted by molar-refractivity contribution is 0.0696. The average Bonchev–Trinajstić information content (AvgIpc) is 3.52. The van der Waals surface area contributed by atoms with Crippen molar-refractivity contribution in [2.45, 2.75) is 58.0 Å². The molecule has 3 aromatic rings. The molecule has 1 saturated heterocycles. The van der Waals surface area contributed by atoms with Crippen LogP contribution >= 0.6 is 0 Å². The van der Waals surface area contributed by atoms with E-state index in [9.17, 15) is 14.7 Å². The quantitative estimate of drug-likeness (QED) is 0.363. The molecule has 0 spiro atoms. The van der Waals surface area contributed by atoms with Crippen LogP contribution in [-0.4, -0.2) is 71.1 Å². The van der Waals surface area contributed by atoms with Gasteiger partial charge in [-0.05, 0) is 98.9 Å². The molecule has 0 atom stereocenters. The highest BCUT2D eigenvalue weighted by Gasteiger charge is 2.23. The van der Waals surface area contributed by atoms with Crippen LogP contribution in [0.15, 0.2) is 67.0 Å². The smallest absolute Gasteiger partial charge is 0.335 e. The standard InChI is InChI=1S/C34H42N4O4/c39-33(28-13-15-35-16-14-28)38-20-5-3-1-2-4-19-37(26-30-24-29(34(40)41)11-12-32(30)38)25-27-9-8-10-31(23-27)42-22-21-36-17-6-7-18-36/h8-16,23-24H,1-7,17-22,25-26H2,(H,40,41). The van der Waals surface area contributed by atoms with E-state index in [-0.39, 0.29) is 11.5 Å². The first kappa shape index (κ1) is 29.7. The molecule has 1 fully saturated rings. The number of fused-ring (bicyclic) bond motifs is 1. The molecule has 42 heavy (non-hydrogen) atoms. The van der Waals surface area contributed by atoms with E-state index in [1.807, 2.05) is 17.0 Å². The average molecular weight is 571 g/mol. The number of ether oxygens (including phenoxy) is 1. The number of carboxylic acids is 1. The highest BCUT2D eigenvalue weighted by molar-refractivity contribution is 6.06. The van der Waals surface area contributed by atoms with E-state index in [0.29, 0.717) is 31.8 Å². The van der Waals surface area contributed by atoms with E-state index in [2.05, 4.69) is 26.9 Å². The summed E-state index contributed by atoms with van der Waals surface area (Å²) < 4.78 is 6.12. The van der Waals surface area contributed by atoms with Crippen molar-refractivity contribution < 1.29 is 19.4 Å². The highest BCUT2D eigenvalue weighted by Crippen LogP contribution is 2.28. The maximum absolute atomic E-state index is 13.7. The fraction of sp³-hybridized carbons (Fsp3) is 0.441. The minimum absolute atomic E-state index is 0.0934. The van der Waals surface area contributed by atoms with Gasteiger partial charge in [-0.2, -0.15) is 0 Å². The Morgan fingerprint density at radius 2 is 1.50 bits per heavy atom. The van der Waals surface area contributed by atoms with Crippen LogP contribution in [0.3, 0.4) is 0 Å². The molecule has 0 radical (unpaired) electrons. The topological polar surface area (TPSA) is 86.2 Å². The molecule has 2 aromatic carbocycles. The Morgan fingerprint density at radius 3 is 2.29 bits per heavy atom. The fourth-order valence-electron chi connectivity index (χ4n) is 5.97. The molecule has 8 nitrogen and oxygen atoms in total. The number of aromatic carboxylic acids is 1. The van der Waals surface area contributed by atoms with Crippen LogP contribution in [0.25, 0.3) is 0 Å². The van der Waals surface area contributed by atoms with Crippen LogP contribution in [0.1, 0.15) is 76.8 Å². The molecule has 222 valence electrons. The fourth-order valence-corrected chi connectivity index (χ4v) is 5.97. The van der Waals surface area contributed by atoms with E-state index in [1.54, 1.807) is 42.7 Å². The second-order valence-electron chi connectivity index (χ2n) is 11.4. The lowest BCUT2D eigenvalue weighted by atomic mass is 10.0. The normalized spacial score (nSPS) is 17.2. The van der Waals surface area contributed by atoms with Crippen LogP contribution in [0, 0.1) is 0 Å². The summed E-state index contributed by atoms with van der Waals surface area (Å²) in [7, 11) is 0. The van der Waals surface area contributed by atoms with Crippen LogP contribution in [0.5, 0.6) is 5.75 Å². The number of amides is 1. The van der Waals surface area contributed by atoms with E-state index in [4.69, 9.17) is 4.74 Å². The summed E-state index contributed by atoms with van der Waals surface area (Å²) in [6.45, 7) is 6.67. The van der Waals surface area contributed by atoms with Crippen molar-refractivity contribution in [1.29, 1.82) is 0 Å². The Hall–Kier alpha value is -3.75. The molecule has 2 aliphatic rings. The third kappa shape index (κ3) is 8.17. The summed E-state index contributed by atoms with van der Waals surface area (Å²) in [5.74, 6) is -0.186. The van der Waals surface area contributed by atoms with Crippen molar-refractivity contribution in [3.63, 3.8) is 0 Å². The molecule has 1 aromatic heterocycles. The number of nitrogens with zero attached hydrogens (tertiary/aromatic N) is 4. The van der Waals surface area contributed by atoms with E-state index in [1.165, 1.54) is 12.8 Å². The van der Waals surface area contributed by atoms with Crippen LogP contribution in [-0.2, 0) is 13.1 Å². The summed E-state index contributed by atoms with van der Waals surface area (Å²) in [5.41, 5.74) is 3.57. The molecule has 0 aliphatic carbocycles. The first-order valence-electron chi connectivity index (χ1n) is 15.3. The Bertz CT molecular complexity index is 1330. The molecular formula is C34H42N4O4. The van der Waals surface area contributed by atoms with Crippen molar-refractivity contribution in [2.75, 3.05) is 44.2 Å². The van der Waals surface area contributed by atoms with Crippen LogP contribution < -0.4 is 9.64 Å². The Morgan fingerprint density at radius 1 is 0.786 bits per heavy atom. The summed E-state index contributed by atoms with van der Waals surface area (Å²) in [5, 5.41) is 9.80. The van der Waals surface area contributed by atoms with Gasteiger partial charge in [0.25, 0.3) is 5.91 Å². The first-order valence-corrected chi connectivity index (χ1v) is 15.3. The van der Waals surface area contributed by atoms with Gasteiger partial charge in [-0.15, -0.1) is 0 Å². The van der Waals surface area contributed by atoms with Gasteiger partial charge >= 0.3 is 5.97 Å². The van der Waals surface area contributed by atoms with Gasteiger partial charge in [-0.1, -0.05) is 31.4 Å². The lowest BCUT2D eigenvalue weighted by Gasteiger charge is -2.30. The molecule has 2 aliphatic heterocycles. The van der Waals surface area contributed by atoms with Crippen LogP contribution in [0.4, 0.5) is 5.69 Å². The molecule has 8 heteroatoms. The molecule has 3 heterocycles. The van der Waals surface area contributed by atoms with E-state index < -0.39 is 5.97 Å². The number of likely N-dealkylation sites (tertiary alicyclic amines) is 1. The van der Waals surface area contributed by atoms with Gasteiger partial charge in [0.15, 0.2) is 0 Å². The SMILES string of the molecule is O=C(O)c1ccc2c(c1)CN(Cc1cccc(OCCN3CCCC3)c1)CCCCCCCN2C(=O)c1ccncc1. The molecule has 1 amide bonds. The summed E-state index contributed by atoms with van der Waals surface area (Å²) in [4.78, 5) is 36.4. The van der Waals surface area contributed by atoms with Crippen LogP contribution in [0.2, 0.25) is 0 Å². The Balaban J connectivity index is 1.39. The van der Waals surface area contributed by atoms with Gasteiger partial charge in [-0.3, -0.25) is 19.6 Å². The zero-order chi connectivity index (χ0) is 29.1. The van der Waals surface area contributed by atoms with Gasteiger partial charge < -0.3 is 14.7 Å². The van der Waals surface area contributed by atoms with Gasteiger partial charge in [0.2, 0.25) is 0 Å². The third-order valence-electron chi connectivity index (χ3n) is 8.22. The maximum atomic E-state index is 13.7. The second-order valence-corrected chi connectivity index (χ2v) is 11.4. The maximum Gasteiger partial charge on any atom is 0.335 e. The molecule has 1 N–H and O–H groups in total. The van der Waals surface area contributed by atoms with Gasteiger partial charge in [0.05, 0.1) is 5.56 Å². The summed E-state index contributed by atoms with van der Waals surface area (Å²) >= 11 is 0. The first-order chi connectivity index (χ1) is 20.6. The molecule has 0 bridgehead atoms. The lowest BCUT2D eigenvalue weighted by Crippen LogP contribution is -2.34. The van der Waals surface area contributed by atoms with Crippen molar-refractivity contribution in [3.05, 3.63) is 89.2 Å². The number of hydrogen-bond donors (Lipinski definition) is 1. The zero-order valence-corrected chi connectivity index (χ0v) is 24.4. The number of aromatic nitrogens is 1. The second kappa shape index (κ2) is 14.9. The van der Waals surface area contributed by atoms with Crippen molar-refractivity contribution in [1.82, 2.24) is 14.8 Å². The monoisotopic (exact) mass is 570 g/mol. The molecule has 0 unspecified atom stereocenters. The number of hydrogen-bond acceptors (Lipinski definition) is 6. The number of carbonyl (C=O) groups excluding carboxylic acids is 1. The number of benzene rings is 2. The van der Waals surface area contributed by atoms with Crippen molar-refractivity contribution in [2.24, 2.45) is 0 Å². The summed E-state index contributed by atoms with van der Waals surface area (Å²) in [6.07, 6.45) is 11.1. The van der Waals surface area contributed by atoms with E-state index in [0.717, 1.165) is 80.8 Å². The molecule has 0 saturated carbocycles. The van der Waals surface area contributed by atoms with Gasteiger partial charge in [0.1, 0.15) is 12.4 Å². The number of carbonyl (C=O) groups is 2. The number of anilines is 1. The number of pyridine rings is 1. The zero-order valence-electron chi connectivity index (χ0n) is 24.4. The summed E-state index contributed by atoms with van der Waals surface area (Å²) in [6, 6.07) is 16.9. The third-order valence-corrected chi connectivity index (χ3v) is 8.22. The van der Waals surface area contributed by atoms with E-state index >= 15 is 0 Å². The number of rotatable bonds is 8. The van der Waals surface area contributed by atoms with Gasteiger partial charge in [0, 0.05) is 49.8 Å². The highest BCUT2D eigenvalue weighted by atomic mass is 16.5. The Kier molecular flexibility index (Phi) is 10.6. The largest absolute Gasteiger partial charge is 0.492 e. The van der Waals surface area contributed by atoms with Crippen molar-refractivity contribution in [3.8, 4) is 5.75 Å². The van der Waals surface area contributed by atoms with Crippen molar-refractivity contribution >= 4 is 17.6 Å². The predicted octanol–water partition coefficient (Wildman–Crippen LogP) is 5.87. The minimum atomic E-state index is -0.971. The Labute approximate surface area is 248 Å².